The molecule has 0 bridgehead atoms. The zero-order valence-electron chi connectivity index (χ0n) is 14.4. The quantitative estimate of drug-likeness (QED) is 0.914. The zero-order chi connectivity index (χ0) is 17.3. The standard InChI is InChI=1S/C19H25NO4/c1-20(2)10-15-17(21)9-8-14-18(22)16(11-24-19(14)15)12-4-6-13(23-3)7-5-12/h4-7,11,14-15,17,19,21H,8-10H2,1-3H3. The lowest BCUT2D eigenvalue weighted by atomic mass is 9.72. The first kappa shape index (κ1) is 17.0. The fourth-order valence-corrected chi connectivity index (χ4v) is 3.75. The van der Waals surface area contributed by atoms with Crippen molar-refractivity contribution in [2.45, 2.75) is 25.0 Å². The average molecular weight is 331 g/mol. The van der Waals surface area contributed by atoms with Gasteiger partial charge in [0.05, 0.1) is 31.0 Å². The van der Waals surface area contributed by atoms with Crippen LogP contribution in [0, 0.1) is 11.8 Å². The molecule has 3 rings (SSSR count). The van der Waals surface area contributed by atoms with E-state index in [0.29, 0.717) is 25.0 Å². The minimum atomic E-state index is -0.419. The van der Waals surface area contributed by atoms with Gasteiger partial charge in [0.25, 0.3) is 0 Å². The van der Waals surface area contributed by atoms with Crippen LogP contribution >= 0.6 is 0 Å². The predicted molar refractivity (Wildman–Crippen MR) is 91.6 cm³/mol. The number of rotatable bonds is 4. The first-order chi connectivity index (χ1) is 11.5. The van der Waals surface area contributed by atoms with E-state index in [1.165, 1.54) is 0 Å². The van der Waals surface area contributed by atoms with Crippen LogP contribution < -0.4 is 4.74 Å². The molecule has 0 radical (unpaired) electrons. The van der Waals surface area contributed by atoms with Gasteiger partial charge in [0.1, 0.15) is 11.9 Å². The van der Waals surface area contributed by atoms with Gasteiger partial charge in [-0.05, 0) is 44.6 Å². The number of ketones is 1. The van der Waals surface area contributed by atoms with E-state index in [9.17, 15) is 9.90 Å². The average Bonchev–Trinajstić information content (AvgIpc) is 2.57. The van der Waals surface area contributed by atoms with Crippen molar-refractivity contribution in [2.75, 3.05) is 27.7 Å². The molecule has 1 saturated carbocycles. The largest absolute Gasteiger partial charge is 0.497 e. The number of carbonyl (C=O) groups is 1. The summed E-state index contributed by atoms with van der Waals surface area (Å²) in [6.45, 7) is 0.710. The summed E-state index contributed by atoms with van der Waals surface area (Å²) in [5.41, 5.74) is 1.45. The van der Waals surface area contributed by atoms with Crippen LogP contribution in [-0.4, -0.2) is 55.7 Å². The molecule has 1 heterocycles. The number of hydrogen-bond donors (Lipinski definition) is 1. The first-order valence-electron chi connectivity index (χ1n) is 8.38. The number of allylic oxidation sites excluding steroid dienone is 1. The molecule has 4 unspecified atom stereocenters. The topological polar surface area (TPSA) is 59.0 Å². The summed E-state index contributed by atoms with van der Waals surface area (Å²) in [4.78, 5) is 15.0. The van der Waals surface area contributed by atoms with Crippen LogP contribution in [0.3, 0.4) is 0 Å². The molecule has 1 aromatic carbocycles. The van der Waals surface area contributed by atoms with E-state index in [1.54, 1.807) is 13.4 Å². The SMILES string of the molecule is COc1ccc(C2=COC3C(CCC(O)C3CN(C)C)C2=O)cc1. The fraction of sp³-hybridized carbons (Fsp3) is 0.526. The summed E-state index contributed by atoms with van der Waals surface area (Å²) in [7, 11) is 5.56. The fourth-order valence-electron chi connectivity index (χ4n) is 3.75. The molecule has 1 N–H and O–H groups in total. The van der Waals surface area contributed by atoms with Crippen molar-refractivity contribution in [3.05, 3.63) is 36.1 Å². The minimum absolute atomic E-state index is 0.0450. The Hall–Kier alpha value is -1.85. The van der Waals surface area contributed by atoms with E-state index in [0.717, 1.165) is 11.3 Å². The van der Waals surface area contributed by atoms with Gasteiger partial charge in [0.15, 0.2) is 5.78 Å². The molecule has 1 aromatic rings. The number of carbonyl (C=O) groups excluding carboxylic acids is 1. The van der Waals surface area contributed by atoms with Gasteiger partial charge in [0, 0.05) is 12.5 Å². The molecule has 24 heavy (non-hydrogen) atoms. The highest BCUT2D eigenvalue weighted by Gasteiger charge is 2.46. The maximum Gasteiger partial charge on any atom is 0.173 e. The number of hydrogen-bond acceptors (Lipinski definition) is 5. The van der Waals surface area contributed by atoms with E-state index in [2.05, 4.69) is 0 Å². The molecular formula is C19H25NO4. The number of Topliss-reactive ketones (excluding diaryl/α,β-unsaturated/α-hetero) is 1. The van der Waals surface area contributed by atoms with Crippen molar-refractivity contribution >= 4 is 11.4 Å². The van der Waals surface area contributed by atoms with Crippen molar-refractivity contribution < 1.29 is 19.4 Å². The minimum Gasteiger partial charge on any atom is -0.497 e. The highest BCUT2D eigenvalue weighted by molar-refractivity contribution is 6.22. The number of benzene rings is 1. The van der Waals surface area contributed by atoms with E-state index in [1.807, 2.05) is 43.3 Å². The second kappa shape index (κ2) is 6.95. The molecule has 1 aliphatic heterocycles. The second-order valence-corrected chi connectivity index (χ2v) is 6.90. The normalized spacial score (nSPS) is 29.7. The van der Waals surface area contributed by atoms with E-state index < -0.39 is 6.10 Å². The van der Waals surface area contributed by atoms with Crippen LogP contribution in [0.1, 0.15) is 18.4 Å². The van der Waals surface area contributed by atoms with Crippen LogP contribution in [0.15, 0.2) is 30.5 Å². The van der Waals surface area contributed by atoms with E-state index in [4.69, 9.17) is 9.47 Å². The predicted octanol–water partition coefficient (Wildman–Crippen LogP) is 1.95. The highest BCUT2D eigenvalue weighted by atomic mass is 16.5. The van der Waals surface area contributed by atoms with Gasteiger partial charge in [-0.25, -0.2) is 0 Å². The Morgan fingerprint density at radius 3 is 2.58 bits per heavy atom. The molecule has 130 valence electrons. The molecule has 0 saturated heterocycles. The maximum atomic E-state index is 13.0. The summed E-state index contributed by atoms with van der Waals surface area (Å²) >= 11 is 0. The molecule has 4 atom stereocenters. The van der Waals surface area contributed by atoms with Crippen LogP contribution in [0.25, 0.3) is 5.57 Å². The van der Waals surface area contributed by atoms with Crippen LogP contribution in [0.2, 0.25) is 0 Å². The maximum absolute atomic E-state index is 13.0. The van der Waals surface area contributed by atoms with Crippen molar-refractivity contribution in [3.8, 4) is 5.75 Å². The third-order valence-corrected chi connectivity index (χ3v) is 5.01. The zero-order valence-corrected chi connectivity index (χ0v) is 14.4. The summed E-state index contributed by atoms with van der Waals surface area (Å²) < 4.78 is 11.1. The van der Waals surface area contributed by atoms with Gasteiger partial charge >= 0.3 is 0 Å². The molecule has 0 aromatic heterocycles. The smallest absolute Gasteiger partial charge is 0.173 e. The summed E-state index contributed by atoms with van der Waals surface area (Å²) in [6, 6.07) is 7.44. The molecule has 5 heteroatoms. The van der Waals surface area contributed by atoms with Crippen molar-refractivity contribution in [1.29, 1.82) is 0 Å². The lowest BCUT2D eigenvalue weighted by Gasteiger charge is -2.43. The number of aliphatic hydroxyl groups is 1. The van der Waals surface area contributed by atoms with Crippen molar-refractivity contribution in [1.82, 2.24) is 4.90 Å². The number of aliphatic hydroxyl groups excluding tert-OH is 1. The Kier molecular flexibility index (Phi) is 4.92. The summed E-state index contributed by atoms with van der Waals surface area (Å²) in [5, 5.41) is 10.3. The van der Waals surface area contributed by atoms with Crippen molar-refractivity contribution in [2.24, 2.45) is 11.8 Å². The molecule has 2 aliphatic rings. The van der Waals surface area contributed by atoms with Gasteiger partial charge in [-0.3, -0.25) is 4.79 Å². The molecule has 0 amide bonds. The van der Waals surface area contributed by atoms with E-state index in [-0.39, 0.29) is 23.7 Å². The monoisotopic (exact) mass is 331 g/mol. The summed E-state index contributed by atoms with van der Waals surface area (Å²) in [5.74, 6) is 0.650. The highest BCUT2D eigenvalue weighted by Crippen LogP contribution is 2.39. The number of ether oxygens (including phenoxy) is 2. The molecule has 0 spiro atoms. The van der Waals surface area contributed by atoms with Gasteiger partial charge in [-0.2, -0.15) is 0 Å². The van der Waals surface area contributed by atoms with Gasteiger partial charge < -0.3 is 19.5 Å². The third-order valence-electron chi connectivity index (χ3n) is 5.01. The van der Waals surface area contributed by atoms with Crippen LogP contribution in [-0.2, 0) is 9.53 Å². The molecule has 1 aliphatic carbocycles. The number of methoxy groups -OCH3 is 1. The Bertz CT molecular complexity index is 623. The lowest BCUT2D eigenvalue weighted by Crippen LogP contribution is -2.51. The third kappa shape index (κ3) is 3.19. The Morgan fingerprint density at radius 1 is 1.25 bits per heavy atom. The van der Waals surface area contributed by atoms with Crippen LogP contribution in [0.4, 0.5) is 0 Å². The Balaban J connectivity index is 1.85. The Morgan fingerprint density at radius 2 is 1.96 bits per heavy atom. The van der Waals surface area contributed by atoms with Crippen molar-refractivity contribution in [3.63, 3.8) is 0 Å². The molecule has 5 nitrogen and oxygen atoms in total. The summed E-state index contributed by atoms with van der Waals surface area (Å²) in [6.07, 6.45) is 2.22. The molecule has 1 fully saturated rings. The second-order valence-electron chi connectivity index (χ2n) is 6.90. The number of fused-ring (bicyclic) bond motifs is 1. The van der Waals surface area contributed by atoms with Gasteiger partial charge in [-0.15, -0.1) is 0 Å². The van der Waals surface area contributed by atoms with E-state index >= 15 is 0 Å². The number of nitrogens with zero attached hydrogens (tertiary/aromatic N) is 1. The Labute approximate surface area is 142 Å². The van der Waals surface area contributed by atoms with Gasteiger partial charge in [0.2, 0.25) is 0 Å². The van der Waals surface area contributed by atoms with Crippen LogP contribution in [0.5, 0.6) is 5.75 Å². The van der Waals surface area contributed by atoms with Gasteiger partial charge in [-0.1, -0.05) is 12.1 Å². The molecular weight excluding hydrogens is 306 g/mol. The lowest BCUT2D eigenvalue weighted by molar-refractivity contribution is -0.133. The first-order valence-corrected chi connectivity index (χ1v) is 8.38.